The first-order valence-corrected chi connectivity index (χ1v) is 7.18. The Bertz CT molecular complexity index is 670. The molecule has 0 saturated carbocycles. The predicted molar refractivity (Wildman–Crippen MR) is 78.4 cm³/mol. The second-order valence-corrected chi connectivity index (χ2v) is 5.64. The van der Waals surface area contributed by atoms with Gasteiger partial charge in [0.05, 0.1) is 10.9 Å². The highest BCUT2D eigenvalue weighted by molar-refractivity contribution is 7.11. The zero-order valence-corrected chi connectivity index (χ0v) is 11.3. The van der Waals surface area contributed by atoms with Crippen molar-refractivity contribution in [3.05, 3.63) is 64.1 Å². The van der Waals surface area contributed by atoms with Gasteiger partial charge in [-0.25, -0.2) is 4.98 Å². The highest BCUT2D eigenvalue weighted by Gasteiger charge is 2.05. The van der Waals surface area contributed by atoms with Crippen molar-refractivity contribution in [2.75, 3.05) is 0 Å². The van der Waals surface area contributed by atoms with Crippen LogP contribution in [-0.2, 0) is 12.3 Å². The van der Waals surface area contributed by atoms with Crippen LogP contribution >= 0.6 is 22.9 Å². The van der Waals surface area contributed by atoms with Crippen LogP contribution in [0.2, 0.25) is 0 Å². The van der Waals surface area contributed by atoms with Gasteiger partial charge in [0.15, 0.2) is 0 Å². The van der Waals surface area contributed by atoms with E-state index in [2.05, 4.69) is 47.4 Å². The fourth-order valence-corrected chi connectivity index (χ4v) is 3.13. The third-order valence-electron chi connectivity index (χ3n) is 2.95. The predicted octanol–water partition coefficient (Wildman–Crippen LogP) is 4.63. The number of thiazole rings is 1. The lowest BCUT2D eigenvalue weighted by Crippen LogP contribution is -1.88. The molecule has 0 fully saturated rings. The first-order chi connectivity index (χ1) is 8.86. The zero-order chi connectivity index (χ0) is 12.4. The number of benzene rings is 2. The summed E-state index contributed by atoms with van der Waals surface area (Å²) in [5, 5.41) is 3.72. The van der Waals surface area contributed by atoms with E-state index in [0.29, 0.717) is 5.88 Å². The second kappa shape index (κ2) is 5.09. The molecule has 0 spiro atoms. The van der Waals surface area contributed by atoms with E-state index >= 15 is 0 Å². The minimum absolute atomic E-state index is 0.549. The van der Waals surface area contributed by atoms with Crippen LogP contribution in [0.15, 0.2) is 48.7 Å². The molecule has 0 aliphatic rings. The Morgan fingerprint density at radius 1 is 1.06 bits per heavy atom. The fraction of sp³-hybridized carbons (Fsp3) is 0.133. The maximum atomic E-state index is 5.81. The Hall–Kier alpha value is -1.38. The number of rotatable bonds is 3. The second-order valence-electron chi connectivity index (χ2n) is 4.17. The first kappa shape index (κ1) is 11.7. The zero-order valence-electron chi connectivity index (χ0n) is 9.77. The van der Waals surface area contributed by atoms with Gasteiger partial charge < -0.3 is 0 Å². The van der Waals surface area contributed by atoms with Crippen molar-refractivity contribution in [3.63, 3.8) is 0 Å². The largest absolute Gasteiger partial charge is 0.249 e. The maximum Gasteiger partial charge on any atom is 0.0972 e. The molecule has 0 atom stereocenters. The quantitative estimate of drug-likeness (QED) is 0.634. The molecule has 3 aromatic rings. The smallest absolute Gasteiger partial charge is 0.0972 e. The van der Waals surface area contributed by atoms with Gasteiger partial charge in [0.2, 0.25) is 0 Å². The van der Waals surface area contributed by atoms with E-state index < -0.39 is 0 Å². The lowest BCUT2D eigenvalue weighted by Gasteiger charge is -2.04. The number of halogens is 1. The fourth-order valence-electron chi connectivity index (χ4n) is 2.10. The van der Waals surface area contributed by atoms with Crippen LogP contribution in [0.25, 0.3) is 10.8 Å². The monoisotopic (exact) mass is 273 g/mol. The molecule has 0 radical (unpaired) electrons. The topological polar surface area (TPSA) is 12.9 Å². The Balaban J connectivity index is 1.99. The summed E-state index contributed by atoms with van der Waals surface area (Å²) in [7, 11) is 0. The van der Waals surface area contributed by atoms with Gasteiger partial charge in [0.25, 0.3) is 0 Å². The molecular weight excluding hydrogens is 262 g/mol. The minimum Gasteiger partial charge on any atom is -0.249 e. The van der Waals surface area contributed by atoms with E-state index in [1.807, 2.05) is 6.20 Å². The maximum absolute atomic E-state index is 5.81. The van der Waals surface area contributed by atoms with Crippen molar-refractivity contribution in [2.24, 2.45) is 0 Å². The molecule has 0 amide bonds. The van der Waals surface area contributed by atoms with Crippen molar-refractivity contribution in [2.45, 2.75) is 12.3 Å². The molecule has 0 bridgehead atoms. The number of alkyl halides is 1. The molecule has 1 aromatic heterocycles. The van der Waals surface area contributed by atoms with Crippen LogP contribution in [0, 0.1) is 0 Å². The summed E-state index contributed by atoms with van der Waals surface area (Å²) in [4.78, 5) is 5.55. The van der Waals surface area contributed by atoms with E-state index in [4.69, 9.17) is 11.6 Å². The molecule has 1 nitrogen and oxygen atoms in total. The molecule has 1 heterocycles. The minimum atomic E-state index is 0.549. The van der Waals surface area contributed by atoms with Gasteiger partial charge in [-0.2, -0.15) is 0 Å². The molecule has 0 aliphatic heterocycles. The molecule has 2 aromatic carbocycles. The summed E-state index contributed by atoms with van der Waals surface area (Å²) in [6.45, 7) is 0. The van der Waals surface area contributed by atoms with Gasteiger partial charge in [-0.15, -0.1) is 22.9 Å². The SMILES string of the molecule is ClCc1cnc(Cc2cccc3ccccc23)s1. The van der Waals surface area contributed by atoms with Crippen LogP contribution in [0.3, 0.4) is 0 Å². The number of hydrogen-bond acceptors (Lipinski definition) is 2. The standard InChI is InChI=1S/C15H12ClNS/c16-9-13-10-17-15(18-13)8-12-6-3-5-11-4-1-2-7-14(11)12/h1-7,10H,8-9H2. The van der Waals surface area contributed by atoms with Crippen LogP contribution in [0.4, 0.5) is 0 Å². The van der Waals surface area contributed by atoms with Gasteiger partial charge in [0, 0.05) is 17.5 Å². The Kier molecular flexibility index (Phi) is 3.31. The highest BCUT2D eigenvalue weighted by atomic mass is 35.5. The molecule has 3 heteroatoms. The highest BCUT2D eigenvalue weighted by Crippen LogP contribution is 2.23. The molecule has 3 rings (SSSR count). The Labute approximate surface area is 115 Å². The van der Waals surface area contributed by atoms with Crippen LogP contribution in [-0.4, -0.2) is 4.98 Å². The molecule has 0 unspecified atom stereocenters. The number of fused-ring (bicyclic) bond motifs is 1. The summed E-state index contributed by atoms with van der Waals surface area (Å²) in [6.07, 6.45) is 2.75. The molecule has 0 aliphatic carbocycles. The average molecular weight is 274 g/mol. The lowest BCUT2D eigenvalue weighted by molar-refractivity contribution is 1.15. The summed E-state index contributed by atoms with van der Waals surface area (Å²) >= 11 is 7.50. The van der Waals surface area contributed by atoms with Crippen molar-refractivity contribution >= 4 is 33.7 Å². The van der Waals surface area contributed by atoms with E-state index in [0.717, 1.165) is 16.3 Å². The third kappa shape index (κ3) is 2.26. The molecule has 90 valence electrons. The van der Waals surface area contributed by atoms with E-state index in [-0.39, 0.29) is 0 Å². The average Bonchev–Trinajstić information content (AvgIpc) is 2.87. The van der Waals surface area contributed by atoms with E-state index in [9.17, 15) is 0 Å². The number of hydrogen-bond donors (Lipinski definition) is 0. The van der Waals surface area contributed by atoms with Gasteiger partial charge >= 0.3 is 0 Å². The van der Waals surface area contributed by atoms with Crippen LogP contribution in [0.5, 0.6) is 0 Å². The van der Waals surface area contributed by atoms with Gasteiger partial charge in [0.1, 0.15) is 0 Å². The summed E-state index contributed by atoms with van der Waals surface area (Å²) in [5.74, 6) is 0.549. The normalized spacial score (nSPS) is 10.9. The van der Waals surface area contributed by atoms with Crippen molar-refractivity contribution in [1.29, 1.82) is 0 Å². The Morgan fingerprint density at radius 3 is 2.72 bits per heavy atom. The summed E-state index contributed by atoms with van der Waals surface area (Å²) in [5.41, 5.74) is 1.32. The summed E-state index contributed by atoms with van der Waals surface area (Å²) in [6, 6.07) is 14.9. The van der Waals surface area contributed by atoms with Crippen molar-refractivity contribution < 1.29 is 0 Å². The molecule has 18 heavy (non-hydrogen) atoms. The van der Waals surface area contributed by atoms with Gasteiger partial charge in [-0.05, 0) is 16.3 Å². The lowest BCUT2D eigenvalue weighted by atomic mass is 10.0. The molecule has 0 N–H and O–H groups in total. The van der Waals surface area contributed by atoms with Gasteiger partial charge in [-0.1, -0.05) is 42.5 Å². The first-order valence-electron chi connectivity index (χ1n) is 5.83. The third-order valence-corrected chi connectivity index (χ3v) is 4.40. The van der Waals surface area contributed by atoms with Crippen LogP contribution in [0.1, 0.15) is 15.4 Å². The van der Waals surface area contributed by atoms with Gasteiger partial charge in [-0.3, -0.25) is 0 Å². The number of nitrogens with zero attached hydrogens (tertiary/aromatic N) is 1. The van der Waals surface area contributed by atoms with E-state index in [1.54, 1.807) is 11.3 Å². The Morgan fingerprint density at radius 2 is 1.89 bits per heavy atom. The van der Waals surface area contributed by atoms with Crippen molar-refractivity contribution in [1.82, 2.24) is 4.98 Å². The molecular formula is C15H12ClNS. The molecule has 0 saturated heterocycles. The van der Waals surface area contributed by atoms with Crippen molar-refractivity contribution in [3.8, 4) is 0 Å². The summed E-state index contributed by atoms with van der Waals surface area (Å²) < 4.78 is 0. The van der Waals surface area contributed by atoms with E-state index in [1.165, 1.54) is 16.3 Å². The van der Waals surface area contributed by atoms with Crippen LogP contribution < -0.4 is 0 Å². The number of aromatic nitrogens is 1.